The molecule has 5 nitrogen and oxygen atoms in total. The van der Waals surface area contributed by atoms with E-state index in [0.29, 0.717) is 17.2 Å². The van der Waals surface area contributed by atoms with E-state index < -0.39 is 5.97 Å². The summed E-state index contributed by atoms with van der Waals surface area (Å²) in [5.41, 5.74) is 0.357. The summed E-state index contributed by atoms with van der Waals surface area (Å²) < 4.78 is 9.99. The molecule has 1 aromatic carbocycles. The van der Waals surface area contributed by atoms with Crippen molar-refractivity contribution in [2.45, 2.75) is 0 Å². The number of phenolic OH excluding ortho intramolecular Hbond substituents is 1. The molecule has 0 bridgehead atoms. The fraction of sp³-hybridized carbons (Fsp3) is 0.0769. The molecular formula is C13H11NO4. The van der Waals surface area contributed by atoms with E-state index in [2.05, 4.69) is 9.72 Å². The van der Waals surface area contributed by atoms with E-state index in [1.807, 2.05) is 0 Å². The zero-order valence-corrected chi connectivity index (χ0v) is 9.66. The van der Waals surface area contributed by atoms with E-state index in [9.17, 15) is 4.79 Å². The molecule has 0 radical (unpaired) electrons. The highest BCUT2D eigenvalue weighted by Gasteiger charge is 2.06. The van der Waals surface area contributed by atoms with E-state index >= 15 is 0 Å². The number of carbonyl (C=O) groups is 1. The predicted octanol–water partition coefficient (Wildman–Crippen LogP) is 2.37. The Bertz CT molecular complexity index is 534. The number of esters is 1. The molecule has 2 rings (SSSR count). The molecule has 0 aliphatic heterocycles. The quantitative estimate of drug-likeness (QED) is 0.841. The Balaban J connectivity index is 2.10. The van der Waals surface area contributed by atoms with Crippen molar-refractivity contribution in [2.24, 2.45) is 0 Å². The Morgan fingerprint density at radius 2 is 1.89 bits per heavy atom. The van der Waals surface area contributed by atoms with Crippen molar-refractivity contribution >= 4 is 5.97 Å². The largest absolute Gasteiger partial charge is 0.508 e. The van der Waals surface area contributed by atoms with Crippen molar-refractivity contribution in [2.75, 3.05) is 7.11 Å². The number of aromatic nitrogens is 1. The summed E-state index contributed by atoms with van der Waals surface area (Å²) in [6.07, 6.45) is 1.38. The molecular weight excluding hydrogens is 234 g/mol. The highest BCUT2D eigenvalue weighted by molar-refractivity contribution is 5.88. The lowest BCUT2D eigenvalue weighted by molar-refractivity contribution is 0.0600. The first kappa shape index (κ1) is 11.9. The molecule has 0 unspecified atom stereocenters. The molecule has 1 heterocycles. The zero-order chi connectivity index (χ0) is 13.0. The number of hydrogen-bond donors (Lipinski definition) is 1. The normalized spacial score (nSPS) is 9.83. The average molecular weight is 245 g/mol. The van der Waals surface area contributed by atoms with Gasteiger partial charge in [-0.05, 0) is 30.3 Å². The van der Waals surface area contributed by atoms with Crippen LogP contribution in [0.25, 0.3) is 0 Å². The molecule has 18 heavy (non-hydrogen) atoms. The number of pyridine rings is 1. The van der Waals surface area contributed by atoms with Crippen LogP contribution < -0.4 is 4.74 Å². The fourth-order valence-corrected chi connectivity index (χ4v) is 1.31. The molecule has 0 fully saturated rings. The van der Waals surface area contributed by atoms with Gasteiger partial charge in [-0.2, -0.15) is 0 Å². The number of aromatic hydroxyl groups is 1. The first-order chi connectivity index (χ1) is 8.69. The number of ether oxygens (including phenoxy) is 2. The molecule has 1 N–H and O–H groups in total. The van der Waals surface area contributed by atoms with Gasteiger partial charge in [-0.1, -0.05) is 0 Å². The van der Waals surface area contributed by atoms with E-state index in [0.717, 1.165) is 0 Å². The van der Waals surface area contributed by atoms with Crippen LogP contribution in [-0.2, 0) is 4.74 Å². The van der Waals surface area contributed by atoms with Crippen LogP contribution in [0.15, 0.2) is 42.6 Å². The summed E-state index contributed by atoms with van der Waals surface area (Å²) in [4.78, 5) is 15.2. The van der Waals surface area contributed by atoms with Crippen molar-refractivity contribution in [1.82, 2.24) is 4.98 Å². The van der Waals surface area contributed by atoms with Crippen molar-refractivity contribution in [3.8, 4) is 17.4 Å². The van der Waals surface area contributed by atoms with Crippen LogP contribution >= 0.6 is 0 Å². The molecule has 0 atom stereocenters. The third kappa shape index (κ3) is 2.76. The second kappa shape index (κ2) is 5.18. The third-order valence-corrected chi connectivity index (χ3v) is 2.22. The van der Waals surface area contributed by atoms with Crippen LogP contribution in [0.2, 0.25) is 0 Å². The van der Waals surface area contributed by atoms with Crippen molar-refractivity contribution in [3.05, 3.63) is 48.2 Å². The lowest BCUT2D eigenvalue weighted by Gasteiger charge is -2.05. The summed E-state index contributed by atoms with van der Waals surface area (Å²) in [7, 11) is 1.31. The van der Waals surface area contributed by atoms with E-state index in [4.69, 9.17) is 9.84 Å². The highest BCUT2D eigenvalue weighted by Crippen LogP contribution is 2.21. The molecule has 2 aromatic rings. The number of hydrogen-bond acceptors (Lipinski definition) is 5. The summed E-state index contributed by atoms with van der Waals surface area (Å²) in [5, 5.41) is 9.12. The van der Waals surface area contributed by atoms with E-state index in [1.54, 1.807) is 24.3 Å². The number of methoxy groups -OCH3 is 1. The Morgan fingerprint density at radius 1 is 1.17 bits per heavy atom. The van der Waals surface area contributed by atoms with E-state index in [1.165, 1.54) is 25.4 Å². The van der Waals surface area contributed by atoms with Gasteiger partial charge in [-0.15, -0.1) is 0 Å². The van der Waals surface area contributed by atoms with Gasteiger partial charge in [0.25, 0.3) is 0 Å². The minimum atomic E-state index is -0.446. The van der Waals surface area contributed by atoms with Crippen molar-refractivity contribution < 1.29 is 19.4 Å². The van der Waals surface area contributed by atoms with Gasteiger partial charge in [0.15, 0.2) is 0 Å². The number of carbonyl (C=O) groups excluding carboxylic acids is 1. The van der Waals surface area contributed by atoms with Gasteiger partial charge in [-0.3, -0.25) is 0 Å². The topological polar surface area (TPSA) is 68.7 Å². The molecule has 92 valence electrons. The minimum absolute atomic E-state index is 0.163. The van der Waals surface area contributed by atoms with Gasteiger partial charge in [0.05, 0.1) is 12.7 Å². The first-order valence-electron chi connectivity index (χ1n) is 5.20. The zero-order valence-electron chi connectivity index (χ0n) is 9.66. The van der Waals surface area contributed by atoms with Gasteiger partial charge in [0, 0.05) is 12.3 Å². The molecule has 0 aliphatic rings. The Morgan fingerprint density at radius 3 is 2.44 bits per heavy atom. The third-order valence-electron chi connectivity index (χ3n) is 2.22. The van der Waals surface area contributed by atoms with Gasteiger partial charge in [-0.25, -0.2) is 9.78 Å². The number of phenols is 1. The van der Waals surface area contributed by atoms with Crippen molar-refractivity contribution in [3.63, 3.8) is 0 Å². The molecule has 0 aliphatic carbocycles. The first-order valence-corrected chi connectivity index (χ1v) is 5.20. The molecule has 0 saturated carbocycles. The highest BCUT2D eigenvalue weighted by atomic mass is 16.5. The summed E-state index contributed by atoms with van der Waals surface area (Å²) in [6, 6.07) is 9.39. The summed E-state index contributed by atoms with van der Waals surface area (Å²) in [5.74, 6) is 0.620. The maximum atomic E-state index is 11.2. The smallest absolute Gasteiger partial charge is 0.339 e. The second-order valence-electron chi connectivity index (χ2n) is 3.47. The lowest BCUT2D eigenvalue weighted by atomic mass is 10.3. The van der Waals surface area contributed by atoms with Crippen LogP contribution in [0.5, 0.6) is 17.4 Å². The summed E-state index contributed by atoms with van der Waals surface area (Å²) >= 11 is 0. The van der Waals surface area contributed by atoms with Crippen LogP contribution in [-0.4, -0.2) is 23.2 Å². The van der Waals surface area contributed by atoms with Crippen molar-refractivity contribution in [1.29, 1.82) is 0 Å². The Kier molecular flexibility index (Phi) is 3.43. The van der Waals surface area contributed by atoms with Gasteiger partial charge >= 0.3 is 5.97 Å². The SMILES string of the molecule is COC(=O)c1ccc(Oc2ccc(O)cc2)nc1. The fourth-order valence-electron chi connectivity index (χ4n) is 1.31. The number of rotatable bonds is 3. The monoisotopic (exact) mass is 245 g/mol. The van der Waals surface area contributed by atoms with Crippen LogP contribution in [0.4, 0.5) is 0 Å². The molecule has 1 aromatic heterocycles. The van der Waals surface area contributed by atoms with Crippen LogP contribution in [0.1, 0.15) is 10.4 Å². The van der Waals surface area contributed by atoms with Crippen LogP contribution in [0.3, 0.4) is 0 Å². The minimum Gasteiger partial charge on any atom is -0.508 e. The predicted molar refractivity (Wildman–Crippen MR) is 63.8 cm³/mol. The summed E-state index contributed by atoms with van der Waals surface area (Å²) in [6.45, 7) is 0. The lowest BCUT2D eigenvalue weighted by Crippen LogP contribution is -2.01. The standard InChI is InChI=1S/C13H11NO4/c1-17-13(16)9-2-7-12(14-8-9)18-11-5-3-10(15)4-6-11/h2-8,15H,1H3. The van der Waals surface area contributed by atoms with Gasteiger partial charge < -0.3 is 14.6 Å². The van der Waals surface area contributed by atoms with Gasteiger partial charge in [0.1, 0.15) is 11.5 Å². The molecule has 5 heteroatoms. The Labute approximate surface area is 104 Å². The number of benzene rings is 1. The van der Waals surface area contributed by atoms with Gasteiger partial charge in [0.2, 0.25) is 5.88 Å². The molecule has 0 saturated heterocycles. The van der Waals surface area contributed by atoms with Crippen LogP contribution in [0, 0.1) is 0 Å². The van der Waals surface area contributed by atoms with E-state index in [-0.39, 0.29) is 5.75 Å². The molecule has 0 spiro atoms. The second-order valence-corrected chi connectivity index (χ2v) is 3.47. The maximum Gasteiger partial charge on any atom is 0.339 e. The average Bonchev–Trinajstić information content (AvgIpc) is 2.41. The maximum absolute atomic E-state index is 11.2. The Hall–Kier alpha value is -2.56. The molecule has 0 amide bonds. The number of nitrogens with zero attached hydrogens (tertiary/aromatic N) is 1.